The van der Waals surface area contributed by atoms with E-state index in [-0.39, 0.29) is 23.3 Å². The van der Waals surface area contributed by atoms with Gasteiger partial charge >= 0.3 is 0 Å². The molecule has 0 spiro atoms. The van der Waals surface area contributed by atoms with Crippen molar-refractivity contribution in [2.75, 3.05) is 26.0 Å². The molecule has 2 aromatic rings. The monoisotopic (exact) mass is 384 g/mol. The number of amides is 1. The Morgan fingerprint density at radius 2 is 2.11 bits per heavy atom. The summed E-state index contributed by atoms with van der Waals surface area (Å²) in [6.45, 7) is 0.952. The third-order valence-electron chi connectivity index (χ3n) is 5.16. The first kappa shape index (κ1) is 19.8. The largest absolute Gasteiger partial charge is 0.365 e. The van der Waals surface area contributed by atoms with Crippen LogP contribution in [0.15, 0.2) is 30.5 Å². The van der Waals surface area contributed by atoms with Crippen molar-refractivity contribution in [2.24, 2.45) is 17.6 Å². The van der Waals surface area contributed by atoms with Crippen molar-refractivity contribution in [2.45, 2.75) is 25.3 Å². The number of anilines is 2. The highest BCUT2D eigenvalue weighted by atomic mass is 19.1. The molecule has 2 unspecified atom stereocenters. The summed E-state index contributed by atoms with van der Waals surface area (Å²) in [4.78, 5) is 14.0. The summed E-state index contributed by atoms with van der Waals surface area (Å²) >= 11 is 0. The fraction of sp³-hybridized carbons (Fsp3) is 0.450. The van der Waals surface area contributed by atoms with Crippen LogP contribution in [0.1, 0.15) is 35.7 Å². The van der Waals surface area contributed by atoms with Gasteiger partial charge in [0.2, 0.25) is 0 Å². The molecule has 7 nitrogen and oxygen atoms in total. The number of aromatic nitrogens is 2. The van der Waals surface area contributed by atoms with Gasteiger partial charge in [0.15, 0.2) is 5.82 Å². The van der Waals surface area contributed by atoms with Crippen LogP contribution >= 0.6 is 0 Å². The first-order chi connectivity index (χ1) is 13.4. The van der Waals surface area contributed by atoms with Gasteiger partial charge in [0, 0.05) is 18.4 Å². The predicted molar refractivity (Wildman–Crippen MR) is 104 cm³/mol. The topological polar surface area (TPSA) is 100.0 Å². The van der Waals surface area contributed by atoms with E-state index in [1.165, 1.54) is 12.1 Å². The van der Waals surface area contributed by atoms with Crippen LogP contribution in [0, 0.1) is 29.0 Å². The minimum Gasteiger partial charge on any atom is -0.365 e. The molecular formula is C20H25FN6O. The third-order valence-corrected chi connectivity index (χ3v) is 5.16. The number of carbonyl (C=O) groups is 1. The van der Waals surface area contributed by atoms with Gasteiger partial charge in [-0.2, -0.15) is 10.4 Å². The maximum absolute atomic E-state index is 13.1. The van der Waals surface area contributed by atoms with E-state index >= 15 is 0 Å². The zero-order valence-electron chi connectivity index (χ0n) is 16.1. The molecule has 3 N–H and O–H groups in total. The van der Waals surface area contributed by atoms with E-state index in [4.69, 9.17) is 5.73 Å². The zero-order chi connectivity index (χ0) is 20.3. The summed E-state index contributed by atoms with van der Waals surface area (Å²) < 4.78 is 14.8. The fourth-order valence-electron chi connectivity index (χ4n) is 3.88. The van der Waals surface area contributed by atoms with Gasteiger partial charge in [-0.3, -0.25) is 9.48 Å². The van der Waals surface area contributed by atoms with Crippen LogP contribution < -0.4 is 11.1 Å². The molecule has 0 aliphatic heterocycles. The molecule has 8 heteroatoms. The molecule has 148 valence electrons. The number of nitrogens with one attached hydrogen (secondary N) is 1. The molecule has 1 saturated carbocycles. The lowest BCUT2D eigenvalue weighted by molar-refractivity contribution is 0.100. The Bertz CT molecular complexity index is 870. The SMILES string of the molecule is CN(C)CC1CCC(n2cc(C(N)=O)c(Nc3ccc(F)cc3)n2)[C@H](C#N)C1. The second-order valence-corrected chi connectivity index (χ2v) is 7.61. The fourth-order valence-corrected chi connectivity index (χ4v) is 3.88. The average Bonchev–Trinajstić information content (AvgIpc) is 3.07. The lowest BCUT2D eigenvalue weighted by atomic mass is 9.78. The van der Waals surface area contributed by atoms with E-state index in [9.17, 15) is 14.4 Å². The van der Waals surface area contributed by atoms with E-state index in [0.29, 0.717) is 17.4 Å². The van der Waals surface area contributed by atoms with Gasteiger partial charge in [-0.1, -0.05) is 0 Å². The number of hydrogen-bond acceptors (Lipinski definition) is 5. The number of nitriles is 1. The number of nitrogens with zero attached hydrogens (tertiary/aromatic N) is 4. The zero-order valence-corrected chi connectivity index (χ0v) is 16.1. The molecule has 1 heterocycles. The van der Waals surface area contributed by atoms with Gasteiger partial charge < -0.3 is 16.0 Å². The van der Waals surface area contributed by atoms with Gasteiger partial charge in [0.25, 0.3) is 5.91 Å². The lowest BCUT2D eigenvalue weighted by Crippen LogP contribution is -2.32. The van der Waals surface area contributed by atoms with Gasteiger partial charge in [0.05, 0.1) is 18.0 Å². The molecule has 1 aliphatic carbocycles. The Morgan fingerprint density at radius 1 is 1.39 bits per heavy atom. The summed E-state index contributed by atoms with van der Waals surface area (Å²) in [5.41, 5.74) is 6.36. The maximum atomic E-state index is 13.1. The molecule has 0 bridgehead atoms. The van der Waals surface area contributed by atoms with Crippen LogP contribution in [0.2, 0.25) is 0 Å². The third kappa shape index (κ3) is 4.49. The first-order valence-corrected chi connectivity index (χ1v) is 9.33. The Morgan fingerprint density at radius 3 is 2.71 bits per heavy atom. The van der Waals surface area contributed by atoms with Crippen molar-refractivity contribution in [3.05, 3.63) is 41.8 Å². The highest BCUT2D eigenvalue weighted by Crippen LogP contribution is 2.37. The summed E-state index contributed by atoms with van der Waals surface area (Å²) in [6, 6.07) is 8.07. The quantitative estimate of drug-likeness (QED) is 0.798. The minimum absolute atomic E-state index is 0.106. The Balaban J connectivity index is 1.83. The number of hydrogen-bond donors (Lipinski definition) is 2. The van der Waals surface area contributed by atoms with Crippen LogP contribution in [0.25, 0.3) is 0 Å². The summed E-state index contributed by atoms with van der Waals surface area (Å²) in [6.07, 6.45) is 4.21. The summed E-state index contributed by atoms with van der Waals surface area (Å²) in [5, 5.41) is 17.2. The van der Waals surface area contributed by atoms with Crippen molar-refractivity contribution in [3.8, 4) is 6.07 Å². The van der Waals surface area contributed by atoms with E-state index in [1.54, 1.807) is 23.0 Å². The van der Waals surface area contributed by atoms with Crippen LogP contribution in [-0.4, -0.2) is 41.2 Å². The standard InChI is InChI=1S/C20H25FN6O/c1-26(2)11-13-3-8-18(14(9-13)10-22)27-12-17(19(23)28)20(25-27)24-16-6-4-15(21)5-7-16/h4-7,12-14,18H,3,8-9,11H2,1-2H3,(H2,23,28)(H,24,25)/t13?,14-,18?/m0/s1. The molecule has 3 rings (SSSR count). The minimum atomic E-state index is -0.606. The van der Waals surface area contributed by atoms with E-state index < -0.39 is 5.91 Å². The number of halogens is 1. The molecule has 3 atom stereocenters. The summed E-state index contributed by atoms with van der Waals surface area (Å²) in [5.74, 6) is -0.355. The highest BCUT2D eigenvalue weighted by molar-refractivity contribution is 5.98. The molecule has 1 fully saturated rings. The summed E-state index contributed by atoms with van der Waals surface area (Å²) in [7, 11) is 4.07. The Kier molecular flexibility index (Phi) is 5.95. The van der Waals surface area contributed by atoms with Crippen molar-refractivity contribution >= 4 is 17.4 Å². The normalized spacial score (nSPS) is 22.0. The number of carbonyl (C=O) groups excluding carboxylic acids is 1. The molecule has 1 amide bonds. The predicted octanol–water partition coefficient (Wildman–Crippen LogP) is 2.91. The Hall–Kier alpha value is -2.92. The molecule has 0 radical (unpaired) electrons. The second-order valence-electron chi connectivity index (χ2n) is 7.61. The van der Waals surface area contributed by atoms with E-state index in [2.05, 4.69) is 21.4 Å². The molecular weight excluding hydrogens is 359 g/mol. The number of nitrogens with two attached hydrogens (primary N) is 1. The molecule has 28 heavy (non-hydrogen) atoms. The smallest absolute Gasteiger partial charge is 0.254 e. The van der Waals surface area contributed by atoms with Crippen molar-refractivity contribution in [1.82, 2.24) is 14.7 Å². The van der Waals surface area contributed by atoms with Crippen LogP contribution in [0.3, 0.4) is 0 Å². The van der Waals surface area contributed by atoms with Crippen LogP contribution in [-0.2, 0) is 0 Å². The molecule has 1 aromatic heterocycles. The van der Waals surface area contributed by atoms with Gasteiger partial charge in [0.1, 0.15) is 11.4 Å². The highest BCUT2D eigenvalue weighted by Gasteiger charge is 2.33. The van der Waals surface area contributed by atoms with Crippen molar-refractivity contribution < 1.29 is 9.18 Å². The number of primary amides is 1. The average molecular weight is 384 g/mol. The van der Waals surface area contributed by atoms with Crippen molar-refractivity contribution in [3.63, 3.8) is 0 Å². The molecule has 0 saturated heterocycles. The molecule has 1 aliphatic rings. The van der Waals surface area contributed by atoms with Crippen molar-refractivity contribution in [1.29, 1.82) is 5.26 Å². The maximum Gasteiger partial charge on any atom is 0.254 e. The van der Waals surface area contributed by atoms with E-state index in [1.807, 2.05) is 14.1 Å². The van der Waals surface area contributed by atoms with Gasteiger partial charge in [-0.05, 0) is 63.5 Å². The van der Waals surface area contributed by atoms with Crippen LogP contribution in [0.4, 0.5) is 15.9 Å². The second kappa shape index (κ2) is 8.40. The first-order valence-electron chi connectivity index (χ1n) is 9.33. The molecule has 1 aromatic carbocycles. The Labute approximate surface area is 163 Å². The van der Waals surface area contributed by atoms with E-state index in [0.717, 1.165) is 25.8 Å². The van der Waals surface area contributed by atoms with Gasteiger partial charge in [-0.15, -0.1) is 0 Å². The van der Waals surface area contributed by atoms with Gasteiger partial charge in [-0.25, -0.2) is 4.39 Å². The number of benzene rings is 1. The number of rotatable bonds is 6. The lowest BCUT2D eigenvalue weighted by Gasteiger charge is -2.33. The van der Waals surface area contributed by atoms with Crippen LogP contribution in [0.5, 0.6) is 0 Å².